The highest BCUT2D eigenvalue weighted by Gasteiger charge is 2.22. The van der Waals surface area contributed by atoms with E-state index in [-0.39, 0.29) is 12.7 Å². The van der Waals surface area contributed by atoms with Crippen LogP contribution in [0.5, 0.6) is 0 Å². The minimum atomic E-state index is 0.134. The number of aliphatic hydroxyl groups excluding tert-OH is 1. The maximum absolute atomic E-state index is 8.65. The predicted molar refractivity (Wildman–Crippen MR) is 35.2 cm³/mol. The molecule has 1 fully saturated rings. The zero-order valence-corrected chi connectivity index (χ0v) is 5.84. The van der Waals surface area contributed by atoms with Gasteiger partial charge in [-0.1, -0.05) is 13.3 Å². The van der Waals surface area contributed by atoms with Crippen LogP contribution in [0.2, 0.25) is 0 Å². The normalized spacial score (nSPS) is 35.3. The van der Waals surface area contributed by atoms with Crippen LogP contribution >= 0.6 is 0 Å². The minimum absolute atomic E-state index is 0.134. The van der Waals surface area contributed by atoms with Gasteiger partial charge in [-0.3, -0.25) is 0 Å². The summed E-state index contributed by atoms with van der Waals surface area (Å²) in [5.74, 6) is 0.696. The van der Waals surface area contributed by atoms with E-state index in [4.69, 9.17) is 9.84 Å². The van der Waals surface area contributed by atoms with Crippen LogP contribution in [-0.2, 0) is 4.74 Å². The van der Waals surface area contributed by atoms with Crippen molar-refractivity contribution in [1.82, 2.24) is 0 Å². The third-order valence-corrected chi connectivity index (χ3v) is 1.94. The second-order valence-corrected chi connectivity index (χ2v) is 2.65. The first-order valence-electron chi connectivity index (χ1n) is 3.59. The molecular formula is C7H14O2. The van der Waals surface area contributed by atoms with Crippen molar-refractivity contribution in [1.29, 1.82) is 0 Å². The highest BCUT2D eigenvalue weighted by Crippen LogP contribution is 2.21. The molecule has 9 heavy (non-hydrogen) atoms. The number of ether oxygens (including phenoxy) is 1. The van der Waals surface area contributed by atoms with E-state index in [0.717, 1.165) is 13.0 Å². The lowest BCUT2D eigenvalue weighted by Gasteiger charge is -2.02. The molecular weight excluding hydrogens is 116 g/mol. The van der Waals surface area contributed by atoms with Crippen molar-refractivity contribution >= 4 is 0 Å². The van der Waals surface area contributed by atoms with Crippen LogP contribution in [0.25, 0.3) is 0 Å². The first-order valence-corrected chi connectivity index (χ1v) is 3.59. The fraction of sp³-hybridized carbons (Fsp3) is 1.00. The Bertz CT molecular complexity index is 73.0. The summed E-state index contributed by atoms with van der Waals surface area (Å²) >= 11 is 0. The molecule has 2 nitrogen and oxygen atoms in total. The summed E-state index contributed by atoms with van der Waals surface area (Å²) in [6.07, 6.45) is 2.36. The molecule has 0 aliphatic carbocycles. The molecule has 2 atom stereocenters. The van der Waals surface area contributed by atoms with Gasteiger partial charge in [-0.05, 0) is 12.3 Å². The van der Waals surface area contributed by atoms with Crippen molar-refractivity contribution in [2.75, 3.05) is 13.2 Å². The fourth-order valence-electron chi connectivity index (χ4n) is 1.19. The molecule has 0 spiro atoms. The molecule has 1 aliphatic rings. The van der Waals surface area contributed by atoms with Crippen LogP contribution in [-0.4, -0.2) is 24.4 Å². The molecule has 2 heteroatoms. The Morgan fingerprint density at radius 2 is 2.44 bits per heavy atom. The van der Waals surface area contributed by atoms with Gasteiger partial charge in [0.05, 0.1) is 12.7 Å². The molecule has 0 aromatic heterocycles. The van der Waals surface area contributed by atoms with E-state index >= 15 is 0 Å². The van der Waals surface area contributed by atoms with Crippen molar-refractivity contribution in [3.05, 3.63) is 0 Å². The van der Waals surface area contributed by atoms with Crippen LogP contribution < -0.4 is 0 Å². The van der Waals surface area contributed by atoms with Gasteiger partial charge in [0.25, 0.3) is 0 Å². The van der Waals surface area contributed by atoms with E-state index in [1.165, 1.54) is 6.42 Å². The van der Waals surface area contributed by atoms with Crippen molar-refractivity contribution in [2.45, 2.75) is 25.9 Å². The van der Waals surface area contributed by atoms with Gasteiger partial charge in [0.15, 0.2) is 0 Å². The Morgan fingerprint density at radius 3 is 2.78 bits per heavy atom. The minimum Gasteiger partial charge on any atom is -0.394 e. The Hall–Kier alpha value is -0.0800. The molecule has 0 amide bonds. The second-order valence-electron chi connectivity index (χ2n) is 2.65. The smallest absolute Gasteiger partial charge is 0.0809 e. The SMILES string of the molecule is CCC1COC(CO)C1. The van der Waals surface area contributed by atoms with Gasteiger partial charge in [0.2, 0.25) is 0 Å². The quantitative estimate of drug-likeness (QED) is 0.599. The average Bonchev–Trinajstić information content (AvgIpc) is 2.34. The van der Waals surface area contributed by atoms with E-state index in [1.807, 2.05) is 0 Å². The molecule has 0 aromatic carbocycles. The molecule has 0 saturated carbocycles. The first-order chi connectivity index (χ1) is 4.36. The summed E-state index contributed by atoms with van der Waals surface area (Å²) in [4.78, 5) is 0. The molecule has 1 heterocycles. The first kappa shape index (κ1) is 7.03. The number of aliphatic hydroxyl groups is 1. The third-order valence-electron chi connectivity index (χ3n) is 1.94. The van der Waals surface area contributed by atoms with Gasteiger partial charge in [0, 0.05) is 6.61 Å². The molecule has 1 aliphatic heterocycles. The molecule has 2 unspecified atom stereocenters. The highest BCUT2D eigenvalue weighted by atomic mass is 16.5. The lowest BCUT2D eigenvalue weighted by Crippen LogP contribution is -2.09. The van der Waals surface area contributed by atoms with Crippen molar-refractivity contribution in [2.24, 2.45) is 5.92 Å². The summed E-state index contributed by atoms with van der Waals surface area (Å²) in [5.41, 5.74) is 0. The standard InChI is InChI=1S/C7H14O2/c1-2-6-3-7(4-8)9-5-6/h6-8H,2-5H2,1H3. The van der Waals surface area contributed by atoms with E-state index in [2.05, 4.69) is 6.92 Å². The fourth-order valence-corrected chi connectivity index (χ4v) is 1.19. The molecule has 0 radical (unpaired) electrons. The molecule has 0 aromatic rings. The summed E-state index contributed by atoms with van der Waals surface area (Å²) in [7, 11) is 0. The largest absolute Gasteiger partial charge is 0.394 e. The Labute approximate surface area is 55.8 Å². The number of rotatable bonds is 2. The van der Waals surface area contributed by atoms with Gasteiger partial charge in [-0.15, -0.1) is 0 Å². The van der Waals surface area contributed by atoms with Crippen molar-refractivity contribution in [3.8, 4) is 0 Å². The van der Waals surface area contributed by atoms with Gasteiger partial charge in [0.1, 0.15) is 0 Å². The number of hydrogen-bond acceptors (Lipinski definition) is 2. The van der Waals surface area contributed by atoms with Crippen LogP contribution in [0.1, 0.15) is 19.8 Å². The van der Waals surface area contributed by atoms with Crippen LogP contribution in [0.4, 0.5) is 0 Å². The maximum atomic E-state index is 8.65. The monoisotopic (exact) mass is 130 g/mol. The second kappa shape index (κ2) is 3.18. The highest BCUT2D eigenvalue weighted by molar-refractivity contribution is 4.71. The average molecular weight is 130 g/mol. The summed E-state index contributed by atoms with van der Waals surface area (Å²) in [6, 6.07) is 0. The Morgan fingerprint density at radius 1 is 1.67 bits per heavy atom. The zero-order chi connectivity index (χ0) is 6.69. The zero-order valence-electron chi connectivity index (χ0n) is 5.84. The predicted octanol–water partition coefficient (Wildman–Crippen LogP) is 0.794. The van der Waals surface area contributed by atoms with Gasteiger partial charge in [-0.25, -0.2) is 0 Å². The molecule has 54 valence electrons. The lowest BCUT2D eigenvalue weighted by atomic mass is 10.0. The summed E-state index contributed by atoms with van der Waals surface area (Å²) < 4.78 is 5.26. The third kappa shape index (κ3) is 1.66. The topological polar surface area (TPSA) is 29.5 Å². The summed E-state index contributed by atoms with van der Waals surface area (Å²) in [6.45, 7) is 3.20. The van der Waals surface area contributed by atoms with Gasteiger partial charge in [-0.2, -0.15) is 0 Å². The number of hydrogen-bond donors (Lipinski definition) is 1. The van der Waals surface area contributed by atoms with Crippen LogP contribution in [0.3, 0.4) is 0 Å². The summed E-state index contributed by atoms with van der Waals surface area (Å²) in [5, 5.41) is 8.65. The van der Waals surface area contributed by atoms with Crippen LogP contribution in [0.15, 0.2) is 0 Å². The van der Waals surface area contributed by atoms with Gasteiger partial charge < -0.3 is 9.84 Å². The van der Waals surface area contributed by atoms with Crippen molar-refractivity contribution in [3.63, 3.8) is 0 Å². The Kier molecular flexibility index (Phi) is 2.49. The maximum Gasteiger partial charge on any atom is 0.0809 e. The molecule has 0 bridgehead atoms. The van der Waals surface area contributed by atoms with Crippen LogP contribution in [0, 0.1) is 5.92 Å². The molecule has 1 saturated heterocycles. The van der Waals surface area contributed by atoms with E-state index in [1.54, 1.807) is 0 Å². The van der Waals surface area contributed by atoms with Crippen molar-refractivity contribution < 1.29 is 9.84 Å². The van der Waals surface area contributed by atoms with E-state index < -0.39 is 0 Å². The molecule has 1 N–H and O–H groups in total. The Balaban J connectivity index is 2.20. The van der Waals surface area contributed by atoms with E-state index in [0.29, 0.717) is 5.92 Å². The molecule has 1 rings (SSSR count). The van der Waals surface area contributed by atoms with Gasteiger partial charge >= 0.3 is 0 Å². The van der Waals surface area contributed by atoms with E-state index in [9.17, 15) is 0 Å². The lowest BCUT2D eigenvalue weighted by molar-refractivity contribution is 0.0572.